The number of anilines is 1. The third-order valence-electron chi connectivity index (χ3n) is 5.45. The van der Waals surface area contributed by atoms with Crippen LogP contribution in [0.1, 0.15) is 17.2 Å². The fourth-order valence-electron chi connectivity index (χ4n) is 3.74. The minimum Gasteiger partial charge on any atom is -0.363 e. The Morgan fingerprint density at radius 1 is 1.22 bits per heavy atom. The number of carbonyl (C=O) groups is 1. The fourth-order valence-corrected chi connectivity index (χ4v) is 3.74. The van der Waals surface area contributed by atoms with Crippen molar-refractivity contribution in [2.45, 2.75) is 18.6 Å². The number of rotatable bonds is 3. The van der Waals surface area contributed by atoms with Gasteiger partial charge in [-0.3, -0.25) is 4.79 Å². The number of hydrogen-bond acceptors (Lipinski definition) is 6. The van der Waals surface area contributed by atoms with E-state index in [-0.39, 0.29) is 11.9 Å². The predicted octanol–water partition coefficient (Wildman–Crippen LogP) is 1.09. The number of aromatic nitrogens is 4. The van der Waals surface area contributed by atoms with E-state index >= 15 is 0 Å². The second kappa shape index (κ2) is 6.31. The standard InChI is InChI=1S/C19H20N6O2/c1-23(19(26)18-15-5-3-2-4-13(15)8-9-27-18)14-10-24(11-14)17-7-6-16-21-20-12-25(16)22-17/h2-7,12,14,18H,8-11H2,1H3. The van der Waals surface area contributed by atoms with Crippen LogP contribution in [0.4, 0.5) is 5.82 Å². The first-order chi connectivity index (χ1) is 13.2. The van der Waals surface area contributed by atoms with Crippen molar-refractivity contribution in [3.63, 3.8) is 0 Å². The molecule has 3 aromatic rings. The van der Waals surface area contributed by atoms with Crippen LogP contribution in [0.25, 0.3) is 5.65 Å². The number of amides is 1. The molecule has 2 aliphatic heterocycles. The van der Waals surface area contributed by atoms with Crippen LogP contribution in [0, 0.1) is 0 Å². The second-order valence-electron chi connectivity index (χ2n) is 7.03. The van der Waals surface area contributed by atoms with Crippen LogP contribution >= 0.6 is 0 Å². The van der Waals surface area contributed by atoms with Crippen molar-refractivity contribution in [1.82, 2.24) is 24.7 Å². The van der Waals surface area contributed by atoms with E-state index in [1.165, 1.54) is 5.56 Å². The van der Waals surface area contributed by atoms with E-state index in [2.05, 4.69) is 26.3 Å². The Hall–Kier alpha value is -3.00. The van der Waals surface area contributed by atoms with Gasteiger partial charge in [0, 0.05) is 20.1 Å². The zero-order chi connectivity index (χ0) is 18.4. The van der Waals surface area contributed by atoms with Crippen LogP contribution < -0.4 is 4.90 Å². The van der Waals surface area contributed by atoms with E-state index in [4.69, 9.17) is 4.74 Å². The number of carbonyl (C=O) groups excluding carboxylic acids is 1. The zero-order valence-electron chi connectivity index (χ0n) is 15.0. The Labute approximate surface area is 156 Å². The number of nitrogens with zero attached hydrogens (tertiary/aromatic N) is 6. The molecule has 1 saturated heterocycles. The van der Waals surface area contributed by atoms with Crippen LogP contribution in [0.5, 0.6) is 0 Å². The summed E-state index contributed by atoms with van der Waals surface area (Å²) in [5, 5.41) is 12.3. The van der Waals surface area contributed by atoms with Crippen molar-refractivity contribution in [2.75, 3.05) is 31.6 Å². The van der Waals surface area contributed by atoms with Crippen LogP contribution in [0.15, 0.2) is 42.7 Å². The first-order valence-corrected chi connectivity index (χ1v) is 9.09. The third kappa shape index (κ3) is 2.73. The van der Waals surface area contributed by atoms with E-state index in [0.29, 0.717) is 6.61 Å². The van der Waals surface area contributed by atoms with Gasteiger partial charge in [-0.05, 0) is 29.7 Å². The van der Waals surface area contributed by atoms with Crippen LogP contribution in [-0.4, -0.2) is 63.4 Å². The molecule has 1 aromatic carbocycles. The highest BCUT2D eigenvalue weighted by atomic mass is 16.5. The molecule has 2 aromatic heterocycles. The molecular formula is C19H20N6O2. The summed E-state index contributed by atoms with van der Waals surface area (Å²) in [6.45, 7) is 2.08. The highest BCUT2D eigenvalue weighted by Gasteiger charge is 2.37. The summed E-state index contributed by atoms with van der Waals surface area (Å²) in [7, 11) is 1.86. The molecule has 27 heavy (non-hydrogen) atoms. The smallest absolute Gasteiger partial charge is 0.256 e. The second-order valence-corrected chi connectivity index (χ2v) is 7.03. The lowest BCUT2D eigenvalue weighted by atomic mass is 9.96. The summed E-state index contributed by atoms with van der Waals surface area (Å²) in [6.07, 6.45) is 1.95. The van der Waals surface area contributed by atoms with Crippen molar-refractivity contribution in [1.29, 1.82) is 0 Å². The van der Waals surface area contributed by atoms with E-state index in [1.54, 1.807) is 10.8 Å². The highest BCUT2D eigenvalue weighted by Crippen LogP contribution is 2.30. The number of fused-ring (bicyclic) bond motifs is 2. The molecule has 8 nitrogen and oxygen atoms in total. The van der Waals surface area contributed by atoms with Gasteiger partial charge in [-0.25, -0.2) is 0 Å². The molecule has 0 N–H and O–H groups in total. The molecule has 4 heterocycles. The summed E-state index contributed by atoms with van der Waals surface area (Å²) >= 11 is 0. The molecule has 1 amide bonds. The molecular weight excluding hydrogens is 344 g/mol. The topological polar surface area (TPSA) is 75.9 Å². The van der Waals surface area contributed by atoms with Crippen LogP contribution in [0.3, 0.4) is 0 Å². The lowest BCUT2D eigenvalue weighted by Crippen LogP contribution is -2.61. The SMILES string of the molecule is CN(C(=O)C1OCCc2ccccc21)C1CN(c2ccc3nncn3n2)C1. The molecule has 2 aliphatic rings. The first-order valence-electron chi connectivity index (χ1n) is 9.09. The summed E-state index contributed by atoms with van der Waals surface area (Å²) in [5.41, 5.74) is 2.92. The van der Waals surface area contributed by atoms with Gasteiger partial charge < -0.3 is 14.5 Å². The molecule has 0 radical (unpaired) electrons. The monoisotopic (exact) mass is 364 g/mol. The highest BCUT2D eigenvalue weighted by molar-refractivity contribution is 5.83. The largest absolute Gasteiger partial charge is 0.363 e. The average molecular weight is 364 g/mol. The molecule has 0 spiro atoms. The van der Waals surface area contributed by atoms with Gasteiger partial charge in [0.15, 0.2) is 11.8 Å². The van der Waals surface area contributed by atoms with Gasteiger partial charge in [-0.2, -0.15) is 4.52 Å². The number of benzene rings is 1. The Balaban J connectivity index is 1.27. The van der Waals surface area contributed by atoms with E-state index < -0.39 is 6.10 Å². The number of hydrogen-bond donors (Lipinski definition) is 0. The molecule has 8 heteroatoms. The molecule has 1 unspecified atom stereocenters. The Morgan fingerprint density at radius 2 is 2.07 bits per heavy atom. The van der Waals surface area contributed by atoms with Gasteiger partial charge in [0.25, 0.3) is 5.91 Å². The number of ether oxygens (including phenoxy) is 1. The van der Waals surface area contributed by atoms with E-state index in [1.807, 2.05) is 42.3 Å². The van der Waals surface area contributed by atoms with Crippen molar-refractivity contribution >= 4 is 17.4 Å². The summed E-state index contributed by atoms with van der Waals surface area (Å²) in [5.74, 6) is 0.882. The van der Waals surface area contributed by atoms with Crippen molar-refractivity contribution < 1.29 is 9.53 Å². The maximum absolute atomic E-state index is 13.0. The minimum absolute atomic E-state index is 0.0222. The molecule has 0 saturated carbocycles. The molecule has 138 valence electrons. The normalized spacial score (nSPS) is 19.6. The lowest BCUT2D eigenvalue weighted by molar-refractivity contribution is -0.146. The maximum Gasteiger partial charge on any atom is 0.256 e. The van der Waals surface area contributed by atoms with Gasteiger partial charge >= 0.3 is 0 Å². The third-order valence-corrected chi connectivity index (χ3v) is 5.45. The van der Waals surface area contributed by atoms with Gasteiger partial charge in [-0.1, -0.05) is 24.3 Å². The molecule has 0 bridgehead atoms. The van der Waals surface area contributed by atoms with Gasteiger partial charge in [0.2, 0.25) is 0 Å². The minimum atomic E-state index is -0.500. The lowest BCUT2D eigenvalue weighted by Gasteiger charge is -2.45. The summed E-state index contributed by atoms with van der Waals surface area (Å²) in [4.78, 5) is 17.0. The molecule has 1 atom stereocenters. The van der Waals surface area contributed by atoms with Crippen LogP contribution in [0.2, 0.25) is 0 Å². The summed E-state index contributed by atoms with van der Waals surface area (Å²) < 4.78 is 7.48. The van der Waals surface area contributed by atoms with Gasteiger partial charge in [-0.15, -0.1) is 15.3 Å². The molecule has 5 rings (SSSR count). The summed E-state index contributed by atoms with van der Waals surface area (Å²) in [6, 6.07) is 12.0. The maximum atomic E-state index is 13.0. The predicted molar refractivity (Wildman–Crippen MR) is 98.4 cm³/mol. The number of likely N-dealkylation sites (N-methyl/N-ethyl adjacent to an activating group) is 1. The average Bonchev–Trinajstić information content (AvgIpc) is 3.13. The van der Waals surface area contributed by atoms with Crippen molar-refractivity contribution in [3.8, 4) is 0 Å². The first kappa shape index (κ1) is 16.2. The molecule has 0 aliphatic carbocycles. The van der Waals surface area contributed by atoms with Crippen LogP contribution in [-0.2, 0) is 16.0 Å². The zero-order valence-corrected chi connectivity index (χ0v) is 15.0. The van der Waals surface area contributed by atoms with Gasteiger partial charge in [0.05, 0.1) is 12.6 Å². The van der Waals surface area contributed by atoms with Crippen molar-refractivity contribution in [2.24, 2.45) is 0 Å². The Bertz CT molecular complexity index is 997. The van der Waals surface area contributed by atoms with Gasteiger partial charge in [0.1, 0.15) is 12.1 Å². The Morgan fingerprint density at radius 3 is 2.96 bits per heavy atom. The fraction of sp³-hybridized carbons (Fsp3) is 0.368. The molecule has 1 fully saturated rings. The Kier molecular flexibility index (Phi) is 3.78. The van der Waals surface area contributed by atoms with E-state index in [9.17, 15) is 4.79 Å². The van der Waals surface area contributed by atoms with Crippen molar-refractivity contribution in [3.05, 3.63) is 53.9 Å². The quantitative estimate of drug-likeness (QED) is 0.692. The van der Waals surface area contributed by atoms with E-state index in [0.717, 1.165) is 36.5 Å².